The van der Waals surface area contributed by atoms with Gasteiger partial charge in [0.05, 0.1) is 19.0 Å². The molecule has 0 aliphatic heterocycles. The van der Waals surface area contributed by atoms with Crippen LogP contribution in [-0.2, 0) is 27.4 Å². The number of hydrogen-bond donors (Lipinski definition) is 0. The quantitative estimate of drug-likeness (QED) is 0.166. The van der Waals surface area contributed by atoms with Crippen LogP contribution in [0.5, 0.6) is 0 Å². The van der Waals surface area contributed by atoms with Crippen molar-refractivity contribution < 1.29 is 14.2 Å². The van der Waals surface area contributed by atoms with Gasteiger partial charge in [0.15, 0.2) is 0 Å². The van der Waals surface area contributed by atoms with Gasteiger partial charge in [-0.1, -0.05) is 72.8 Å². The summed E-state index contributed by atoms with van der Waals surface area (Å²) in [5.74, 6) is 2.64. The lowest BCUT2D eigenvalue weighted by atomic mass is 9.61. The standard InChI is InChI=1S/C30H38O3/c1-2-9-29-26(18-19-31-21-24-10-5-3-6-11-24)14-15-27-20-28(16-17-30(27)29)33-23-32-22-25-12-7-4-8-13-25/h2-13,18-19,26-30H,14-17,20-23H2,1H3/b9-2-,19-18+/t26-,27-,28-,29-,30-/m0/s1. The smallest absolute Gasteiger partial charge is 0.147 e. The van der Waals surface area contributed by atoms with E-state index in [0.29, 0.717) is 37.9 Å². The molecule has 2 aliphatic carbocycles. The normalized spacial score (nSPS) is 27.6. The van der Waals surface area contributed by atoms with Crippen molar-refractivity contribution in [1.82, 2.24) is 0 Å². The summed E-state index contributed by atoms with van der Waals surface area (Å²) in [7, 11) is 0. The van der Waals surface area contributed by atoms with E-state index < -0.39 is 0 Å². The van der Waals surface area contributed by atoms with Gasteiger partial charge in [0.1, 0.15) is 13.4 Å². The Hall–Kier alpha value is -2.36. The van der Waals surface area contributed by atoms with Crippen molar-refractivity contribution in [1.29, 1.82) is 0 Å². The van der Waals surface area contributed by atoms with Crippen LogP contribution < -0.4 is 0 Å². The van der Waals surface area contributed by atoms with E-state index in [9.17, 15) is 0 Å². The molecule has 0 radical (unpaired) electrons. The second-order valence-corrected chi connectivity index (χ2v) is 9.45. The Morgan fingerprint density at radius 1 is 0.818 bits per heavy atom. The summed E-state index contributed by atoms with van der Waals surface area (Å²) < 4.78 is 17.7. The van der Waals surface area contributed by atoms with E-state index in [2.05, 4.69) is 61.5 Å². The van der Waals surface area contributed by atoms with E-state index >= 15 is 0 Å². The van der Waals surface area contributed by atoms with E-state index in [0.717, 1.165) is 24.7 Å². The molecule has 3 nitrogen and oxygen atoms in total. The van der Waals surface area contributed by atoms with Crippen molar-refractivity contribution in [3.05, 3.63) is 96.3 Å². The fraction of sp³-hybridized carbons (Fsp3) is 0.467. The fourth-order valence-corrected chi connectivity index (χ4v) is 5.64. The molecule has 0 bridgehead atoms. The summed E-state index contributed by atoms with van der Waals surface area (Å²) in [4.78, 5) is 0. The molecule has 33 heavy (non-hydrogen) atoms. The van der Waals surface area contributed by atoms with Gasteiger partial charge in [0.25, 0.3) is 0 Å². The van der Waals surface area contributed by atoms with Gasteiger partial charge >= 0.3 is 0 Å². The minimum absolute atomic E-state index is 0.328. The molecule has 5 atom stereocenters. The third kappa shape index (κ3) is 7.06. The largest absolute Gasteiger partial charge is 0.497 e. The number of allylic oxidation sites excluding steroid dienone is 3. The molecule has 4 rings (SSSR count). The molecule has 0 amide bonds. The first-order valence-corrected chi connectivity index (χ1v) is 12.5. The number of hydrogen-bond acceptors (Lipinski definition) is 3. The van der Waals surface area contributed by atoms with Crippen LogP contribution in [0.3, 0.4) is 0 Å². The van der Waals surface area contributed by atoms with Crippen molar-refractivity contribution in [2.75, 3.05) is 6.79 Å². The zero-order chi connectivity index (χ0) is 22.7. The van der Waals surface area contributed by atoms with Crippen molar-refractivity contribution >= 4 is 0 Å². The zero-order valence-corrected chi connectivity index (χ0v) is 19.9. The molecule has 2 aliphatic rings. The van der Waals surface area contributed by atoms with Crippen LogP contribution in [0, 0.1) is 23.7 Å². The number of ether oxygens (including phenoxy) is 3. The third-order valence-electron chi connectivity index (χ3n) is 7.28. The van der Waals surface area contributed by atoms with Crippen LogP contribution in [0.4, 0.5) is 0 Å². The van der Waals surface area contributed by atoms with Crippen LogP contribution >= 0.6 is 0 Å². The number of benzene rings is 2. The second kappa shape index (κ2) is 12.8. The fourth-order valence-electron chi connectivity index (χ4n) is 5.64. The monoisotopic (exact) mass is 446 g/mol. The first kappa shape index (κ1) is 23.8. The van der Waals surface area contributed by atoms with E-state index in [1.54, 1.807) is 0 Å². The summed E-state index contributed by atoms with van der Waals surface area (Å²) in [6.45, 7) is 3.79. The highest BCUT2D eigenvalue weighted by Crippen LogP contribution is 2.48. The molecule has 0 unspecified atom stereocenters. The summed E-state index contributed by atoms with van der Waals surface area (Å²) in [6, 6.07) is 20.7. The minimum Gasteiger partial charge on any atom is -0.497 e. The van der Waals surface area contributed by atoms with Crippen molar-refractivity contribution in [2.24, 2.45) is 23.7 Å². The second-order valence-electron chi connectivity index (χ2n) is 9.45. The van der Waals surface area contributed by atoms with Gasteiger partial charge in [-0.15, -0.1) is 0 Å². The Kier molecular flexibility index (Phi) is 9.20. The Morgan fingerprint density at radius 3 is 2.27 bits per heavy atom. The Balaban J connectivity index is 1.23. The van der Waals surface area contributed by atoms with Gasteiger partial charge < -0.3 is 14.2 Å². The molecule has 0 heterocycles. The number of rotatable bonds is 10. The van der Waals surface area contributed by atoms with Crippen LogP contribution in [-0.4, -0.2) is 12.9 Å². The molecular formula is C30H38O3. The van der Waals surface area contributed by atoms with Gasteiger partial charge in [-0.25, -0.2) is 0 Å². The van der Waals surface area contributed by atoms with Crippen LogP contribution in [0.2, 0.25) is 0 Å². The van der Waals surface area contributed by atoms with Crippen molar-refractivity contribution in [3.63, 3.8) is 0 Å². The molecule has 2 aromatic carbocycles. The molecule has 2 fully saturated rings. The molecule has 0 spiro atoms. The molecule has 176 valence electrons. The van der Waals surface area contributed by atoms with Gasteiger partial charge in [-0.3, -0.25) is 0 Å². The molecule has 2 aromatic rings. The maximum absolute atomic E-state index is 6.12. The Morgan fingerprint density at radius 2 is 1.55 bits per heavy atom. The minimum atomic E-state index is 0.328. The lowest BCUT2D eigenvalue weighted by Crippen LogP contribution is -2.39. The van der Waals surface area contributed by atoms with Crippen molar-refractivity contribution in [2.45, 2.75) is 58.3 Å². The molecule has 3 heteroatoms. The molecule has 0 aromatic heterocycles. The maximum atomic E-state index is 6.12. The zero-order valence-electron chi connectivity index (χ0n) is 19.9. The highest BCUT2D eigenvalue weighted by molar-refractivity contribution is 5.14. The van der Waals surface area contributed by atoms with Crippen LogP contribution in [0.25, 0.3) is 0 Å². The highest BCUT2D eigenvalue weighted by atomic mass is 16.7. The van der Waals surface area contributed by atoms with Gasteiger partial charge in [0.2, 0.25) is 0 Å². The van der Waals surface area contributed by atoms with Crippen molar-refractivity contribution in [3.8, 4) is 0 Å². The van der Waals surface area contributed by atoms with Gasteiger partial charge in [0, 0.05) is 0 Å². The first-order valence-electron chi connectivity index (χ1n) is 12.5. The van der Waals surface area contributed by atoms with E-state index in [4.69, 9.17) is 14.2 Å². The first-order chi connectivity index (χ1) is 16.3. The molecular weight excluding hydrogens is 408 g/mol. The van der Waals surface area contributed by atoms with Gasteiger partial charge in [-0.2, -0.15) is 0 Å². The van der Waals surface area contributed by atoms with Gasteiger partial charge in [-0.05, 0) is 79.9 Å². The van der Waals surface area contributed by atoms with E-state index in [1.165, 1.54) is 30.4 Å². The Labute approximate surface area is 199 Å². The molecule has 0 N–H and O–H groups in total. The summed E-state index contributed by atoms with van der Waals surface area (Å²) in [5, 5.41) is 0. The number of fused-ring (bicyclic) bond motifs is 1. The molecule has 0 saturated heterocycles. The highest BCUT2D eigenvalue weighted by Gasteiger charge is 2.40. The van der Waals surface area contributed by atoms with Crippen LogP contribution in [0.1, 0.15) is 50.2 Å². The summed E-state index contributed by atoms with van der Waals surface area (Å²) >= 11 is 0. The summed E-state index contributed by atoms with van der Waals surface area (Å²) in [6.07, 6.45) is 15.3. The van der Waals surface area contributed by atoms with Crippen LogP contribution in [0.15, 0.2) is 85.2 Å². The summed E-state index contributed by atoms with van der Waals surface area (Å²) in [5.41, 5.74) is 2.40. The Bertz CT molecular complexity index is 861. The molecule has 2 saturated carbocycles. The topological polar surface area (TPSA) is 27.7 Å². The SMILES string of the molecule is C/C=C\[C@@H]1[C@H]2CC[C@H](OCOCc3ccccc3)C[C@@H]2CC[C@H]1/C=C/OCc1ccccc1. The predicted octanol–water partition coefficient (Wildman–Crippen LogP) is 7.30. The predicted molar refractivity (Wildman–Crippen MR) is 133 cm³/mol. The average molecular weight is 447 g/mol. The lowest BCUT2D eigenvalue weighted by Gasteiger charge is -2.45. The lowest BCUT2D eigenvalue weighted by molar-refractivity contribution is -0.120. The average Bonchev–Trinajstić information content (AvgIpc) is 2.87. The maximum Gasteiger partial charge on any atom is 0.147 e. The third-order valence-corrected chi connectivity index (χ3v) is 7.28. The van der Waals surface area contributed by atoms with E-state index in [1.807, 2.05) is 30.5 Å². The van der Waals surface area contributed by atoms with E-state index in [-0.39, 0.29) is 0 Å².